The fourth-order valence-corrected chi connectivity index (χ4v) is 4.02. The molecule has 0 aliphatic carbocycles. The Morgan fingerprint density at radius 1 is 1.06 bits per heavy atom. The maximum atomic E-state index is 13.0. The first kappa shape index (κ1) is 23.2. The number of fused-ring (bicyclic) bond motifs is 2. The number of benzene rings is 3. The number of carbonyl (C=O) groups excluding carboxylic acids is 1. The summed E-state index contributed by atoms with van der Waals surface area (Å²) in [6, 6.07) is 19.7. The minimum absolute atomic E-state index is 0.134. The van der Waals surface area contributed by atoms with Crippen molar-refractivity contribution in [1.29, 1.82) is 0 Å². The predicted molar refractivity (Wildman–Crippen MR) is 139 cm³/mol. The van der Waals surface area contributed by atoms with Gasteiger partial charge in [0.05, 0.1) is 28.2 Å². The first-order valence-corrected chi connectivity index (χ1v) is 11.4. The van der Waals surface area contributed by atoms with Crippen LogP contribution in [0.25, 0.3) is 33.0 Å². The van der Waals surface area contributed by atoms with Crippen molar-refractivity contribution in [2.24, 2.45) is 5.10 Å². The minimum Gasteiger partial charge on any atom is -0.463 e. The van der Waals surface area contributed by atoms with Gasteiger partial charge in [-0.25, -0.2) is 10.1 Å². The molecule has 0 saturated carbocycles. The van der Waals surface area contributed by atoms with Crippen LogP contribution in [-0.4, -0.2) is 21.9 Å². The van der Waals surface area contributed by atoms with Crippen molar-refractivity contribution in [3.8, 4) is 11.3 Å². The van der Waals surface area contributed by atoms with E-state index in [0.717, 1.165) is 15.8 Å². The molecule has 0 aliphatic heterocycles. The molecule has 0 atom stereocenters. The van der Waals surface area contributed by atoms with E-state index in [2.05, 4.69) is 15.6 Å². The minimum atomic E-state index is -0.584. The summed E-state index contributed by atoms with van der Waals surface area (Å²) >= 11 is 6.13. The summed E-state index contributed by atoms with van der Waals surface area (Å²) in [5.74, 6) is -0.584. The molecule has 8 nitrogen and oxygen atoms in total. The molecule has 0 radical (unpaired) electrons. The van der Waals surface area contributed by atoms with Crippen molar-refractivity contribution in [2.75, 3.05) is 0 Å². The highest BCUT2D eigenvalue weighted by molar-refractivity contribution is 6.32. The summed E-state index contributed by atoms with van der Waals surface area (Å²) in [4.78, 5) is 38.3. The molecule has 36 heavy (non-hydrogen) atoms. The third-order valence-electron chi connectivity index (χ3n) is 5.68. The first-order valence-electron chi connectivity index (χ1n) is 11.0. The van der Waals surface area contributed by atoms with Gasteiger partial charge in [0, 0.05) is 16.0 Å². The van der Waals surface area contributed by atoms with Crippen molar-refractivity contribution < 1.29 is 9.21 Å². The Balaban J connectivity index is 1.40. The van der Waals surface area contributed by atoms with E-state index in [4.69, 9.17) is 16.0 Å². The quantitative estimate of drug-likeness (QED) is 0.287. The summed E-state index contributed by atoms with van der Waals surface area (Å²) in [5.41, 5.74) is 4.33. The maximum Gasteiger partial charge on any atom is 0.275 e. The molecular formula is C27H19ClN4O4. The summed E-state index contributed by atoms with van der Waals surface area (Å²) in [6.45, 7) is 1.45. The average Bonchev–Trinajstić information content (AvgIpc) is 2.89. The number of hydrogen-bond acceptors (Lipinski definition) is 6. The van der Waals surface area contributed by atoms with Crippen molar-refractivity contribution in [3.63, 3.8) is 0 Å². The molecule has 5 aromatic rings. The van der Waals surface area contributed by atoms with Crippen LogP contribution < -0.4 is 16.4 Å². The monoisotopic (exact) mass is 498 g/mol. The molecule has 0 unspecified atom stereocenters. The second kappa shape index (κ2) is 9.59. The Hall–Kier alpha value is -4.56. The summed E-state index contributed by atoms with van der Waals surface area (Å²) in [7, 11) is 0. The van der Waals surface area contributed by atoms with Crippen LogP contribution >= 0.6 is 11.6 Å². The van der Waals surface area contributed by atoms with Crippen molar-refractivity contribution >= 4 is 45.5 Å². The molecular weight excluding hydrogens is 480 g/mol. The molecule has 1 N–H and O–H groups in total. The van der Waals surface area contributed by atoms with E-state index in [1.807, 2.05) is 49.4 Å². The Labute approximate surface area is 209 Å². The summed E-state index contributed by atoms with van der Waals surface area (Å²) in [5, 5.41) is 10.2. The molecule has 3 aromatic carbocycles. The van der Waals surface area contributed by atoms with E-state index < -0.39 is 11.5 Å². The molecule has 2 heterocycles. The van der Waals surface area contributed by atoms with Gasteiger partial charge in [-0.3, -0.25) is 14.4 Å². The molecule has 9 heteroatoms. The lowest BCUT2D eigenvalue weighted by Crippen LogP contribution is -2.32. The van der Waals surface area contributed by atoms with Crippen LogP contribution in [0.4, 0.5) is 0 Å². The summed E-state index contributed by atoms with van der Waals surface area (Å²) in [6.07, 6.45) is 2.44. The molecule has 0 aliphatic rings. The van der Waals surface area contributed by atoms with Crippen molar-refractivity contribution in [2.45, 2.75) is 13.5 Å². The Morgan fingerprint density at radius 2 is 1.78 bits per heavy atom. The Bertz CT molecular complexity index is 1780. The zero-order valence-corrected chi connectivity index (χ0v) is 19.8. The fourth-order valence-electron chi connectivity index (χ4n) is 3.85. The Morgan fingerprint density at radius 3 is 2.56 bits per heavy atom. The zero-order valence-electron chi connectivity index (χ0n) is 19.1. The highest BCUT2D eigenvalue weighted by Crippen LogP contribution is 2.24. The molecule has 0 saturated heterocycles. The lowest BCUT2D eigenvalue weighted by molar-refractivity contribution is -0.121. The molecule has 0 fully saturated rings. The van der Waals surface area contributed by atoms with Gasteiger partial charge in [0.15, 0.2) is 0 Å². The van der Waals surface area contributed by atoms with Gasteiger partial charge in [-0.2, -0.15) is 10.2 Å². The second-order valence-corrected chi connectivity index (χ2v) is 8.54. The number of carbonyl (C=O) groups is 1. The van der Waals surface area contributed by atoms with Crippen LogP contribution in [0.5, 0.6) is 0 Å². The van der Waals surface area contributed by atoms with Gasteiger partial charge < -0.3 is 4.42 Å². The van der Waals surface area contributed by atoms with Gasteiger partial charge >= 0.3 is 0 Å². The van der Waals surface area contributed by atoms with Crippen LogP contribution in [0.15, 0.2) is 92.1 Å². The number of halogens is 1. The number of hydrogen-bond donors (Lipinski definition) is 1. The van der Waals surface area contributed by atoms with Crippen LogP contribution in [0.1, 0.15) is 11.1 Å². The number of aryl methyl sites for hydroxylation is 1. The van der Waals surface area contributed by atoms with E-state index >= 15 is 0 Å². The van der Waals surface area contributed by atoms with Gasteiger partial charge in [0.2, 0.25) is 5.43 Å². The van der Waals surface area contributed by atoms with Gasteiger partial charge in [-0.05, 0) is 30.7 Å². The van der Waals surface area contributed by atoms with Crippen molar-refractivity contribution in [3.05, 3.63) is 110 Å². The largest absolute Gasteiger partial charge is 0.463 e. The van der Waals surface area contributed by atoms with E-state index in [9.17, 15) is 14.4 Å². The number of amides is 1. The summed E-state index contributed by atoms with van der Waals surface area (Å²) < 4.78 is 6.61. The highest BCUT2D eigenvalue weighted by atomic mass is 35.5. The lowest BCUT2D eigenvalue weighted by atomic mass is 10.1. The van der Waals surface area contributed by atoms with Crippen LogP contribution in [0.3, 0.4) is 0 Å². The molecule has 1 amide bonds. The molecule has 0 spiro atoms. The number of nitrogens with one attached hydrogen (secondary N) is 1. The van der Waals surface area contributed by atoms with E-state index in [1.165, 1.54) is 18.5 Å². The second-order valence-electron chi connectivity index (χ2n) is 8.13. The number of nitrogens with zero attached hydrogens (tertiary/aromatic N) is 3. The lowest BCUT2D eigenvalue weighted by Gasteiger charge is -2.10. The number of rotatable bonds is 5. The third kappa shape index (κ3) is 4.42. The topological polar surface area (TPSA) is 107 Å². The van der Waals surface area contributed by atoms with E-state index in [0.29, 0.717) is 32.5 Å². The van der Waals surface area contributed by atoms with E-state index in [-0.39, 0.29) is 17.5 Å². The number of hydrazone groups is 1. The Kier molecular flexibility index (Phi) is 6.18. The number of aromatic nitrogens is 2. The van der Waals surface area contributed by atoms with Gasteiger partial charge in [0.1, 0.15) is 18.4 Å². The highest BCUT2D eigenvalue weighted by Gasteiger charge is 2.14. The van der Waals surface area contributed by atoms with E-state index in [1.54, 1.807) is 18.2 Å². The zero-order chi connectivity index (χ0) is 25.2. The maximum absolute atomic E-state index is 13.0. The average molecular weight is 499 g/mol. The van der Waals surface area contributed by atoms with Crippen LogP contribution in [0.2, 0.25) is 5.02 Å². The first-order chi connectivity index (χ1) is 17.4. The standard InChI is InChI=1S/C27H19ClN4O4/c1-16-11-23-21(12-22(16)28)26(34)18(15-36-23)13-29-30-24(33)14-32-27(35)20-10-6-5-9-19(20)25(31-32)17-7-3-2-4-8-17/h2-13,15H,14H2,1H3,(H,30,33)/b29-13+. The smallest absolute Gasteiger partial charge is 0.275 e. The predicted octanol–water partition coefficient (Wildman–Crippen LogP) is 4.28. The van der Waals surface area contributed by atoms with Gasteiger partial charge in [-0.1, -0.05) is 60.1 Å². The van der Waals surface area contributed by atoms with Crippen LogP contribution in [-0.2, 0) is 11.3 Å². The fraction of sp³-hybridized carbons (Fsp3) is 0.0741. The third-order valence-corrected chi connectivity index (χ3v) is 6.09. The molecule has 0 bridgehead atoms. The molecule has 178 valence electrons. The van der Waals surface area contributed by atoms with Crippen LogP contribution in [0, 0.1) is 6.92 Å². The van der Waals surface area contributed by atoms with Gasteiger partial charge in [-0.15, -0.1) is 0 Å². The van der Waals surface area contributed by atoms with Gasteiger partial charge in [0.25, 0.3) is 11.5 Å². The SMILES string of the molecule is Cc1cc2occ(/C=N/NC(=O)Cn3nc(-c4ccccc4)c4ccccc4c3=O)c(=O)c2cc1Cl. The molecule has 2 aromatic heterocycles. The normalized spacial score (nSPS) is 11.4. The molecule has 5 rings (SSSR count). The van der Waals surface area contributed by atoms with Crippen molar-refractivity contribution in [1.82, 2.24) is 15.2 Å².